The Morgan fingerprint density at radius 3 is 2.86 bits per heavy atom. The van der Waals surface area contributed by atoms with Crippen molar-refractivity contribution in [2.75, 3.05) is 11.9 Å². The van der Waals surface area contributed by atoms with Crippen molar-refractivity contribution in [2.45, 2.75) is 25.4 Å². The second-order valence-corrected chi connectivity index (χ2v) is 5.44. The predicted molar refractivity (Wildman–Crippen MR) is 83.0 cm³/mol. The van der Waals surface area contributed by atoms with Crippen molar-refractivity contribution in [1.82, 2.24) is 10.3 Å². The third kappa shape index (κ3) is 2.67. The van der Waals surface area contributed by atoms with E-state index in [1.165, 1.54) is 5.56 Å². The number of anilines is 1. The SMILES string of the molecule is CC(NC1CC(=O)N(C)c2ccccc21)c1cccnc1. The molecule has 0 spiro atoms. The second-order valence-electron chi connectivity index (χ2n) is 5.44. The molecule has 1 aromatic carbocycles. The van der Waals surface area contributed by atoms with Gasteiger partial charge in [0.25, 0.3) is 0 Å². The lowest BCUT2D eigenvalue weighted by Gasteiger charge is -2.33. The van der Waals surface area contributed by atoms with Crippen molar-refractivity contribution in [3.8, 4) is 0 Å². The van der Waals surface area contributed by atoms with Gasteiger partial charge < -0.3 is 10.2 Å². The lowest BCUT2D eigenvalue weighted by molar-refractivity contribution is -0.119. The van der Waals surface area contributed by atoms with Gasteiger partial charge in [-0.15, -0.1) is 0 Å². The molecule has 1 N–H and O–H groups in total. The molecule has 0 fully saturated rings. The van der Waals surface area contributed by atoms with Crippen LogP contribution in [0.1, 0.15) is 36.6 Å². The molecule has 4 heteroatoms. The predicted octanol–water partition coefficient (Wildman–Crippen LogP) is 2.84. The quantitative estimate of drug-likeness (QED) is 0.941. The zero-order valence-corrected chi connectivity index (χ0v) is 12.3. The van der Waals surface area contributed by atoms with Gasteiger partial charge in [0.05, 0.1) is 0 Å². The summed E-state index contributed by atoms with van der Waals surface area (Å²) in [6.45, 7) is 2.10. The maximum atomic E-state index is 12.2. The van der Waals surface area contributed by atoms with Gasteiger partial charge in [-0.05, 0) is 30.2 Å². The first kappa shape index (κ1) is 13.8. The number of carbonyl (C=O) groups is 1. The van der Waals surface area contributed by atoms with E-state index < -0.39 is 0 Å². The molecule has 2 heterocycles. The molecule has 1 aromatic heterocycles. The number of para-hydroxylation sites is 1. The number of fused-ring (bicyclic) bond motifs is 1. The summed E-state index contributed by atoms with van der Waals surface area (Å²) in [5, 5.41) is 3.55. The van der Waals surface area contributed by atoms with E-state index in [9.17, 15) is 4.79 Å². The van der Waals surface area contributed by atoms with Crippen LogP contribution < -0.4 is 10.2 Å². The molecule has 0 radical (unpaired) electrons. The first-order valence-electron chi connectivity index (χ1n) is 7.18. The molecule has 0 bridgehead atoms. The van der Waals surface area contributed by atoms with Crippen LogP contribution in [0, 0.1) is 0 Å². The molecule has 108 valence electrons. The standard InChI is InChI=1S/C17H19N3O/c1-12(13-6-5-9-18-11-13)19-15-10-17(21)20(2)16-8-4-3-7-14(15)16/h3-9,11-12,15,19H,10H2,1-2H3. The van der Waals surface area contributed by atoms with E-state index in [1.807, 2.05) is 43.6 Å². The summed E-state index contributed by atoms with van der Waals surface area (Å²) in [5.74, 6) is 0.143. The fraction of sp³-hybridized carbons (Fsp3) is 0.294. The second kappa shape index (κ2) is 5.66. The van der Waals surface area contributed by atoms with Gasteiger partial charge in [-0.25, -0.2) is 0 Å². The smallest absolute Gasteiger partial charge is 0.228 e. The van der Waals surface area contributed by atoms with Crippen LogP contribution in [0.15, 0.2) is 48.8 Å². The summed E-state index contributed by atoms with van der Waals surface area (Å²) in [6, 6.07) is 12.2. The van der Waals surface area contributed by atoms with Crippen LogP contribution >= 0.6 is 0 Å². The van der Waals surface area contributed by atoms with Gasteiger partial charge in [-0.3, -0.25) is 9.78 Å². The maximum Gasteiger partial charge on any atom is 0.228 e. The largest absolute Gasteiger partial charge is 0.315 e. The summed E-state index contributed by atoms with van der Waals surface area (Å²) in [4.78, 5) is 18.1. The third-order valence-corrected chi connectivity index (χ3v) is 4.06. The summed E-state index contributed by atoms with van der Waals surface area (Å²) in [7, 11) is 1.84. The van der Waals surface area contributed by atoms with Crippen molar-refractivity contribution >= 4 is 11.6 Å². The zero-order chi connectivity index (χ0) is 14.8. The highest BCUT2D eigenvalue weighted by Crippen LogP contribution is 2.34. The number of pyridine rings is 1. The molecule has 0 saturated heterocycles. The number of hydrogen-bond donors (Lipinski definition) is 1. The Bertz CT molecular complexity index is 641. The van der Waals surface area contributed by atoms with Gasteiger partial charge in [0, 0.05) is 43.6 Å². The average molecular weight is 281 g/mol. The Hall–Kier alpha value is -2.20. The summed E-state index contributed by atoms with van der Waals surface area (Å²) in [6.07, 6.45) is 4.11. The van der Waals surface area contributed by atoms with Crippen LogP contribution in [0.2, 0.25) is 0 Å². The van der Waals surface area contributed by atoms with Gasteiger partial charge in [0.15, 0.2) is 0 Å². The summed E-state index contributed by atoms with van der Waals surface area (Å²) < 4.78 is 0. The minimum Gasteiger partial charge on any atom is -0.315 e. The number of aromatic nitrogens is 1. The van der Waals surface area contributed by atoms with Crippen LogP contribution in [0.5, 0.6) is 0 Å². The molecule has 2 atom stereocenters. The van der Waals surface area contributed by atoms with Crippen LogP contribution in [0.25, 0.3) is 0 Å². The average Bonchev–Trinajstić information content (AvgIpc) is 2.53. The van der Waals surface area contributed by atoms with E-state index in [0.29, 0.717) is 6.42 Å². The van der Waals surface area contributed by atoms with Crippen molar-refractivity contribution < 1.29 is 4.79 Å². The molecule has 4 nitrogen and oxygen atoms in total. The van der Waals surface area contributed by atoms with E-state index in [-0.39, 0.29) is 18.0 Å². The fourth-order valence-electron chi connectivity index (χ4n) is 2.82. The third-order valence-electron chi connectivity index (χ3n) is 4.06. The number of amides is 1. The molecule has 1 aliphatic heterocycles. The van der Waals surface area contributed by atoms with Gasteiger partial charge in [0.1, 0.15) is 0 Å². The van der Waals surface area contributed by atoms with Gasteiger partial charge >= 0.3 is 0 Å². The lowest BCUT2D eigenvalue weighted by atomic mass is 9.95. The number of carbonyl (C=O) groups excluding carboxylic acids is 1. The Kier molecular flexibility index (Phi) is 3.71. The Labute approximate surface area is 124 Å². The first-order chi connectivity index (χ1) is 10.2. The fourth-order valence-corrected chi connectivity index (χ4v) is 2.82. The Morgan fingerprint density at radius 2 is 2.10 bits per heavy atom. The number of nitrogens with one attached hydrogen (secondary N) is 1. The van der Waals surface area contributed by atoms with Crippen LogP contribution in [-0.4, -0.2) is 17.9 Å². The number of rotatable bonds is 3. The molecular formula is C17H19N3O. The van der Waals surface area contributed by atoms with Crippen molar-refractivity contribution in [3.63, 3.8) is 0 Å². The molecule has 3 rings (SSSR count). The highest BCUT2D eigenvalue weighted by molar-refractivity contribution is 5.96. The molecule has 21 heavy (non-hydrogen) atoms. The Morgan fingerprint density at radius 1 is 1.29 bits per heavy atom. The topological polar surface area (TPSA) is 45.2 Å². The summed E-state index contributed by atoms with van der Waals surface area (Å²) >= 11 is 0. The van der Waals surface area contributed by atoms with Gasteiger partial charge in [0.2, 0.25) is 5.91 Å². The van der Waals surface area contributed by atoms with Gasteiger partial charge in [-0.2, -0.15) is 0 Å². The van der Waals surface area contributed by atoms with Crippen molar-refractivity contribution in [1.29, 1.82) is 0 Å². The van der Waals surface area contributed by atoms with Crippen LogP contribution in [0.4, 0.5) is 5.69 Å². The Balaban J connectivity index is 1.86. The van der Waals surface area contributed by atoms with Crippen molar-refractivity contribution in [2.24, 2.45) is 0 Å². The normalized spacial score (nSPS) is 19.2. The highest BCUT2D eigenvalue weighted by Gasteiger charge is 2.29. The van der Waals surface area contributed by atoms with Crippen molar-refractivity contribution in [3.05, 3.63) is 59.9 Å². The minimum atomic E-state index is 0.0418. The van der Waals surface area contributed by atoms with Crippen LogP contribution in [0.3, 0.4) is 0 Å². The molecule has 1 amide bonds. The van der Waals surface area contributed by atoms with E-state index in [0.717, 1.165) is 11.3 Å². The van der Waals surface area contributed by atoms with E-state index in [2.05, 4.69) is 23.3 Å². The minimum absolute atomic E-state index is 0.0418. The summed E-state index contributed by atoms with van der Waals surface area (Å²) in [5.41, 5.74) is 3.29. The highest BCUT2D eigenvalue weighted by atomic mass is 16.2. The number of benzene rings is 1. The monoisotopic (exact) mass is 281 g/mol. The molecule has 0 aliphatic carbocycles. The van der Waals surface area contributed by atoms with E-state index in [4.69, 9.17) is 0 Å². The van der Waals surface area contributed by atoms with E-state index >= 15 is 0 Å². The lowest BCUT2D eigenvalue weighted by Crippen LogP contribution is -2.38. The maximum absolute atomic E-state index is 12.2. The molecular weight excluding hydrogens is 262 g/mol. The molecule has 2 aromatic rings. The van der Waals surface area contributed by atoms with Crippen LogP contribution in [-0.2, 0) is 4.79 Å². The molecule has 0 saturated carbocycles. The number of nitrogens with zero attached hydrogens (tertiary/aromatic N) is 2. The van der Waals surface area contributed by atoms with E-state index in [1.54, 1.807) is 11.1 Å². The number of hydrogen-bond acceptors (Lipinski definition) is 3. The zero-order valence-electron chi connectivity index (χ0n) is 12.3. The molecule has 1 aliphatic rings. The van der Waals surface area contributed by atoms with Gasteiger partial charge in [-0.1, -0.05) is 24.3 Å². The first-order valence-corrected chi connectivity index (χ1v) is 7.18. The molecule has 2 unspecified atom stereocenters.